The number of carbonyl (C=O) groups is 2. The van der Waals surface area contributed by atoms with Crippen molar-refractivity contribution in [2.24, 2.45) is 5.73 Å². The van der Waals surface area contributed by atoms with Crippen LogP contribution in [0.2, 0.25) is 0 Å². The predicted octanol–water partition coefficient (Wildman–Crippen LogP) is 14.6. The Morgan fingerprint density at radius 3 is 1.24 bits per heavy atom. The number of allylic oxidation sites excluding steroid dienone is 2. The van der Waals surface area contributed by atoms with Gasteiger partial charge in [-0.3, -0.25) is 18.6 Å². The van der Waals surface area contributed by atoms with Crippen molar-refractivity contribution in [2.45, 2.75) is 258 Å². The number of phosphoric ester groups is 1. The fourth-order valence-electron chi connectivity index (χ4n) is 7.22. The van der Waals surface area contributed by atoms with E-state index in [0.29, 0.717) is 6.42 Å². The first-order valence-electron chi connectivity index (χ1n) is 24.7. The summed E-state index contributed by atoms with van der Waals surface area (Å²) in [5.41, 5.74) is 5.35. The van der Waals surface area contributed by atoms with Gasteiger partial charge in [-0.05, 0) is 38.5 Å². The molecular weight excluding hydrogens is 750 g/mol. The summed E-state index contributed by atoms with van der Waals surface area (Å²) >= 11 is 0. The summed E-state index contributed by atoms with van der Waals surface area (Å²) in [4.78, 5) is 34.9. The van der Waals surface area contributed by atoms with E-state index in [-0.39, 0.29) is 38.6 Å². The van der Waals surface area contributed by atoms with E-state index < -0.39 is 26.5 Å². The number of unbranched alkanes of at least 4 members (excludes halogenated alkanes) is 32. The molecule has 0 heterocycles. The van der Waals surface area contributed by atoms with Gasteiger partial charge in [0, 0.05) is 19.4 Å². The number of phosphoric acid groups is 1. The van der Waals surface area contributed by atoms with Crippen molar-refractivity contribution in [1.29, 1.82) is 0 Å². The second-order valence-electron chi connectivity index (χ2n) is 16.7. The normalized spacial score (nSPS) is 13.2. The van der Waals surface area contributed by atoms with Gasteiger partial charge >= 0.3 is 19.8 Å². The molecule has 0 saturated heterocycles. The van der Waals surface area contributed by atoms with Crippen molar-refractivity contribution >= 4 is 19.8 Å². The average Bonchev–Trinajstić information content (AvgIpc) is 3.21. The molecule has 0 rings (SSSR count). The third-order valence-corrected chi connectivity index (χ3v) is 11.9. The molecule has 0 saturated carbocycles. The largest absolute Gasteiger partial charge is 0.472 e. The Balaban J connectivity index is 3.95. The minimum absolute atomic E-state index is 0.0549. The van der Waals surface area contributed by atoms with Crippen LogP contribution in [-0.4, -0.2) is 49.3 Å². The molecule has 0 radical (unpaired) electrons. The molecule has 0 aliphatic carbocycles. The first kappa shape index (κ1) is 56.8. The van der Waals surface area contributed by atoms with Gasteiger partial charge in [-0.25, -0.2) is 4.57 Å². The van der Waals surface area contributed by atoms with Crippen LogP contribution in [0.3, 0.4) is 0 Å². The van der Waals surface area contributed by atoms with Crippen molar-refractivity contribution in [2.75, 3.05) is 26.4 Å². The number of nitrogens with two attached hydrogens (primary N) is 1. The van der Waals surface area contributed by atoms with Crippen LogP contribution in [0.15, 0.2) is 12.2 Å². The third kappa shape index (κ3) is 44.3. The topological polar surface area (TPSA) is 134 Å². The van der Waals surface area contributed by atoms with Gasteiger partial charge < -0.3 is 20.1 Å². The molecule has 3 N–H and O–H groups in total. The second-order valence-corrected chi connectivity index (χ2v) is 18.1. The molecule has 2 atom stereocenters. The number of rotatable bonds is 47. The average molecular weight is 844 g/mol. The summed E-state index contributed by atoms with van der Waals surface area (Å²) in [7, 11) is -4.37. The predicted molar refractivity (Wildman–Crippen MR) is 243 cm³/mol. The quantitative estimate of drug-likeness (QED) is 0.0266. The van der Waals surface area contributed by atoms with E-state index in [1.54, 1.807) is 0 Å². The molecule has 0 aromatic carbocycles. The number of esters is 2. The highest BCUT2D eigenvalue weighted by atomic mass is 31.2. The summed E-state index contributed by atoms with van der Waals surface area (Å²) in [6, 6.07) is 0. The maximum absolute atomic E-state index is 12.6. The zero-order valence-electron chi connectivity index (χ0n) is 38.1. The van der Waals surface area contributed by atoms with E-state index in [2.05, 4.69) is 26.0 Å². The van der Waals surface area contributed by atoms with Gasteiger partial charge in [0.2, 0.25) is 0 Å². The molecule has 2 unspecified atom stereocenters. The van der Waals surface area contributed by atoms with Gasteiger partial charge in [0.05, 0.1) is 13.2 Å². The number of carbonyl (C=O) groups excluding carboxylic acids is 2. The molecule has 9 nitrogen and oxygen atoms in total. The molecule has 0 fully saturated rings. The van der Waals surface area contributed by atoms with Gasteiger partial charge in [-0.15, -0.1) is 0 Å². The summed E-state index contributed by atoms with van der Waals surface area (Å²) in [6.45, 7) is 3.75. The SMILES string of the molecule is CCCCCC/C=C\CCCCCCCC(=O)OC(COC(=O)CCCCCCCCCCCCCCCCCCCCCCCCCC)COP(=O)(O)OCCN. The molecule has 0 aliphatic rings. The maximum Gasteiger partial charge on any atom is 0.472 e. The molecule has 344 valence electrons. The Bertz CT molecular complexity index is 964. The number of hydrogen-bond acceptors (Lipinski definition) is 8. The Labute approximate surface area is 358 Å². The van der Waals surface area contributed by atoms with E-state index in [0.717, 1.165) is 51.4 Å². The van der Waals surface area contributed by atoms with E-state index in [4.69, 9.17) is 24.3 Å². The van der Waals surface area contributed by atoms with Crippen LogP contribution in [0.4, 0.5) is 0 Å². The van der Waals surface area contributed by atoms with Crippen molar-refractivity contribution in [3.63, 3.8) is 0 Å². The minimum atomic E-state index is -4.37. The smallest absolute Gasteiger partial charge is 0.462 e. The minimum Gasteiger partial charge on any atom is -0.462 e. The molecule has 58 heavy (non-hydrogen) atoms. The van der Waals surface area contributed by atoms with Crippen LogP contribution in [-0.2, 0) is 32.7 Å². The monoisotopic (exact) mass is 844 g/mol. The molecular formula is C48H94NO8P. The van der Waals surface area contributed by atoms with Crippen molar-refractivity contribution in [1.82, 2.24) is 0 Å². The number of ether oxygens (including phenoxy) is 2. The Hall–Kier alpha value is -1.25. The Morgan fingerprint density at radius 2 is 0.845 bits per heavy atom. The van der Waals surface area contributed by atoms with E-state index in [9.17, 15) is 19.0 Å². The van der Waals surface area contributed by atoms with E-state index >= 15 is 0 Å². The Morgan fingerprint density at radius 1 is 0.500 bits per heavy atom. The van der Waals surface area contributed by atoms with Crippen LogP contribution in [0.5, 0.6) is 0 Å². The van der Waals surface area contributed by atoms with Gasteiger partial charge in [0.15, 0.2) is 6.10 Å². The highest BCUT2D eigenvalue weighted by molar-refractivity contribution is 7.47. The van der Waals surface area contributed by atoms with Crippen molar-refractivity contribution < 1.29 is 37.6 Å². The van der Waals surface area contributed by atoms with Gasteiger partial charge in [-0.2, -0.15) is 0 Å². The third-order valence-electron chi connectivity index (χ3n) is 10.9. The highest BCUT2D eigenvalue weighted by Crippen LogP contribution is 2.43. The lowest BCUT2D eigenvalue weighted by Crippen LogP contribution is -2.29. The number of hydrogen-bond donors (Lipinski definition) is 2. The van der Waals surface area contributed by atoms with Gasteiger partial charge in [-0.1, -0.05) is 212 Å². The zero-order valence-corrected chi connectivity index (χ0v) is 38.9. The van der Waals surface area contributed by atoms with Crippen LogP contribution >= 0.6 is 7.82 Å². The Kier molecular flexibility index (Phi) is 44.3. The van der Waals surface area contributed by atoms with Crippen LogP contribution in [0, 0.1) is 0 Å². The lowest BCUT2D eigenvalue weighted by atomic mass is 10.0. The fraction of sp³-hybridized carbons (Fsp3) is 0.917. The summed E-state index contributed by atoms with van der Waals surface area (Å²) < 4.78 is 32.8. The van der Waals surface area contributed by atoms with Crippen molar-refractivity contribution in [3.05, 3.63) is 12.2 Å². The van der Waals surface area contributed by atoms with E-state index in [1.807, 2.05) is 0 Å². The first-order valence-corrected chi connectivity index (χ1v) is 26.2. The summed E-state index contributed by atoms with van der Waals surface area (Å²) in [6.07, 6.45) is 48.3. The van der Waals surface area contributed by atoms with E-state index in [1.165, 1.54) is 167 Å². The molecule has 10 heteroatoms. The summed E-state index contributed by atoms with van der Waals surface area (Å²) in [5, 5.41) is 0. The van der Waals surface area contributed by atoms with Crippen LogP contribution in [0.1, 0.15) is 251 Å². The standard InChI is InChI=1S/C48H94NO8P/c1-3-5-7-9-11-13-15-17-18-19-20-21-22-23-24-25-26-27-29-30-32-34-36-38-40-47(50)54-44-46(45-56-58(52,53)55-43-42-49)57-48(51)41-39-37-35-33-31-28-16-14-12-10-8-6-4-2/h14,16,46H,3-13,15,17-45,49H2,1-2H3,(H,52,53)/b16-14-. The molecule has 0 aliphatic heterocycles. The first-order chi connectivity index (χ1) is 28.3. The van der Waals surface area contributed by atoms with Crippen LogP contribution in [0.25, 0.3) is 0 Å². The molecule has 0 bridgehead atoms. The van der Waals surface area contributed by atoms with Gasteiger partial charge in [0.25, 0.3) is 0 Å². The second kappa shape index (κ2) is 45.3. The molecule has 0 aromatic heterocycles. The molecule has 0 aromatic rings. The molecule has 0 spiro atoms. The highest BCUT2D eigenvalue weighted by Gasteiger charge is 2.26. The fourth-order valence-corrected chi connectivity index (χ4v) is 7.99. The zero-order chi connectivity index (χ0) is 42.5. The van der Waals surface area contributed by atoms with Gasteiger partial charge in [0.1, 0.15) is 6.61 Å². The lowest BCUT2D eigenvalue weighted by Gasteiger charge is -2.19. The maximum atomic E-state index is 12.6. The lowest BCUT2D eigenvalue weighted by molar-refractivity contribution is -0.161. The molecule has 0 amide bonds. The van der Waals surface area contributed by atoms with Crippen LogP contribution < -0.4 is 5.73 Å². The summed E-state index contributed by atoms with van der Waals surface area (Å²) in [5.74, 6) is -0.825. The van der Waals surface area contributed by atoms with Crippen molar-refractivity contribution in [3.8, 4) is 0 Å².